The molecule has 2 fully saturated rings. The molecule has 1 saturated heterocycles. The molecule has 0 spiro atoms. The average molecular weight is 346 g/mol. The maximum atomic E-state index is 12.7. The van der Waals surface area contributed by atoms with Crippen molar-refractivity contribution in [3.05, 3.63) is 0 Å². The molecule has 138 valence electrons. The molecule has 1 amide bonds. The van der Waals surface area contributed by atoms with Crippen LogP contribution in [0.15, 0.2) is 0 Å². The first-order valence-electron chi connectivity index (χ1n) is 9.47. The molecular formula is C19H30N4O2. The van der Waals surface area contributed by atoms with E-state index in [9.17, 15) is 9.90 Å². The van der Waals surface area contributed by atoms with Crippen molar-refractivity contribution in [2.45, 2.75) is 69.9 Å². The third-order valence-electron chi connectivity index (χ3n) is 5.80. The fourth-order valence-electron chi connectivity index (χ4n) is 4.46. The largest absolute Gasteiger partial charge is 0.390 e. The van der Waals surface area contributed by atoms with Crippen molar-refractivity contribution in [3.63, 3.8) is 0 Å². The fourth-order valence-corrected chi connectivity index (χ4v) is 4.46. The van der Waals surface area contributed by atoms with Crippen molar-refractivity contribution in [2.24, 2.45) is 5.92 Å². The Kier molecular flexibility index (Phi) is 7.23. The monoisotopic (exact) mass is 346 g/mol. The van der Waals surface area contributed by atoms with Gasteiger partial charge in [0.1, 0.15) is 0 Å². The lowest BCUT2D eigenvalue weighted by Gasteiger charge is -2.43. The topological polar surface area (TPSA) is 91.4 Å². The zero-order chi connectivity index (χ0) is 18.3. The number of hydrogen-bond acceptors (Lipinski definition) is 5. The van der Waals surface area contributed by atoms with Gasteiger partial charge in [-0.25, -0.2) is 0 Å². The number of carbonyl (C=O) groups is 1. The van der Waals surface area contributed by atoms with Crippen LogP contribution in [0.2, 0.25) is 0 Å². The number of amides is 1. The van der Waals surface area contributed by atoms with Crippen molar-refractivity contribution in [3.8, 4) is 12.1 Å². The van der Waals surface area contributed by atoms with E-state index in [2.05, 4.69) is 17.0 Å². The zero-order valence-corrected chi connectivity index (χ0v) is 15.3. The van der Waals surface area contributed by atoms with Crippen LogP contribution in [0.5, 0.6) is 0 Å². The number of rotatable bonds is 7. The molecule has 1 heterocycles. The van der Waals surface area contributed by atoms with E-state index < -0.39 is 5.60 Å². The maximum absolute atomic E-state index is 12.7. The third kappa shape index (κ3) is 5.17. The summed E-state index contributed by atoms with van der Waals surface area (Å²) in [5, 5.41) is 28.4. The lowest BCUT2D eigenvalue weighted by molar-refractivity contribution is -0.134. The molecule has 2 aliphatic rings. The van der Waals surface area contributed by atoms with Gasteiger partial charge in [0, 0.05) is 25.0 Å². The number of likely N-dealkylation sites (tertiary alicyclic amines) is 1. The maximum Gasteiger partial charge on any atom is 0.236 e. The summed E-state index contributed by atoms with van der Waals surface area (Å²) in [6.45, 7) is 3.93. The van der Waals surface area contributed by atoms with E-state index in [0.29, 0.717) is 19.6 Å². The van der Waals surface area contributed by atoms with E-state index in [1.54, 1.807) is 4.90 Å². The van der Waals surface area contributed by atoms with Gasteiger partial charge in [0.25, 0.3) is 0 Å². The van der Waals surface area contributed by atoms with Crippen molar-refractivity contribution < 1.29 is 9.90 Å². The van der Waals surface area contributed by atoms with Crippen molar-refractivity contribution in [1.82, 2.24) is 9.80 Å². The number of nitrogens with zero attached hydrogens (tertiary/aromatic N) is 4. The van der Waals surface area contributed by atoms with Gasteiger partial charge in [-0.1, -0.05) is 12.8 Å². The smallest absolute Gasteiger partial charge is 0.236 e. The summed E-state index contributed by atoms with van der Waals surface area (Å²) in [4.78, 5) is 16.6. The Hall–Kier alpha value is -1.63. The van der Waals surface area contributed by atoms with Crippen LogP contribution in [0.3, 0.4) is 0 Å². The van der Waals surface area contributed by atoms with Crippen LogP contribution < -0.4 is 0 Å². The highest BCUT2D eigenvalue weighted by molar-refractivity contribution is 5.78. The van der Waals surface area contributed by atoms with Gasteiger partial charge in [0.2, 0.25) is 5.91 Å². The highest BCUT2D eigenvalue weighted by Gasteiger charge is 2.43. The molecule has 0 radical (unpaired) electrons. The molecule has 6 heteroatoms. The van der Waals surface area contributed by atoms with E-state index in [4.69, 9.17) is 10.5 Å². The second kappa shape index (κ2) is 9.17. The SMILES string of the molecule is C[C@]1(O)CCCC[C@@H]1[C@@H]1CCCN1CC(=O)N(CCC#N)CCC#N. The zero-order valence-electron chi connectivity index (χ0n) is 15.3. The molecular weight excluding hydrogens is 316 g/mol. The van der Waals surface area contributed by atoms with Crippen LogP contribution in [0, 0.1) is 28.6 Å². The Morgan fingerprint density at radius 3 is 2.48 bits per heavy atom. The van der Waals surface area contributed by atoms with Gasteiger partial charge in [0.05, 0.1) is 37.1 Å². The van der Waals surface area contributed by atoms with E-state index in [1.807, 2.05) is 6.92 Å². The summed E-state index contributed by atoms with van der Waals surface area (Å²) in [7, 11) is 0. The summed E-state index contributed by atoms with van der Waals surface area (Å²) >= 11 is 0. The molecule has 0 aromatic carbocycles. The molecule has 1 saturated carbocycles. The van der Waals surface area contributed by atoms with Gasteiger partial charge in [0.15, 0.2) is 0 Å². The molecule has 3 atom stereocenters. The van der Waals surface area contributed by atoms with E-state index in [-0.39, 0.29) is 30.7 Å². The Labute approximate surface area is 151 Å². The number of carbonyl (C=O) groups excluding carboxylic acids is 1. The summed E-state index contributed by atoms with van der Waals surface area (Å²) in [5.74, 6) is 0.219. The quantitative estimate of drug-likeness (QED) is 0.762. The third-order valence-corrected chi connectivity index (χ3v) is 5.80. The molecule has 0 bridgehead atoms. The molecule has 0 aromatic heterocycles. The lowest BCUT2D eigenvalue weighted by atomic mass is 9.72. The molecule has 1 aliphatic carbocycles. The molecule has 6 nitrogen and oxygen atoms in total. The van der Waals surface area contributed by atoms with Gasteiger partial charge >= 0.3 is 0 Å². The Balaban J connectivity index is 2.00. The van der Waals surface area contributed by atoms with E-state index in [0.717, 1.165) is 45.1 Å². The number of hydrogen-bond donors (Lipinski definition) is 1. The van der Waals surface area contributed by atoms with Crippen LogP contribution in [-0.4, -0.2) is 58.6 Å². The minimum atomic E-state index is -0.643. The van der Waals surface area contributed by atoms with Crippen LogP contribution >= 0.6 is 0 Å². The van der Waals surface area contributed by atoms with Gasteiger partial charge < -0.3 is 10.0 Å². The second-order valence-corrected chi connectivity index (χ2v) is 7.59. The number of nitriles is 2. The average Bonchev–Trinajstić information content (AvgIpc) is 3.02. The Morgan fingerprint density at radius 1 is 1.20 bits per heavy atom. The van der Waals surface area contributed by atoms with Crippen molar-refractivity contribution in [2.75, 3.05) is 26.2 Å². The van der Waals surface area contributed by atoms with Crippen molar-refractivity contribution >= 4 is 5.91 Å². The predicted octanol–water partition coefficient (Wildman–Crippen LogP) is 2.05. The summed E-state index contributed by atoms with van der Waals surface area (Å²) < 4.78 is 0. The minimum absolute atomic E-state index is 0.00662. The van der Waals surface area contributed by atoms with Gasteiger partial charge in [-0.05, 0) is 39.2 Å². The molecule has 0 unspecified atom stereocenters. The van der Waals surface area contributed by atoms with Crippen LogP contribution in [0.4, 0.5) is 0 Å². The highest BCUT2D eigenvalue weighted by atomic mass is 16.3. The van der Waals surface area contributed by atoms with E-state index >= 15 is 0 Å². The Morgan fingerprint density at radius 2 is 1.88 bits per heavy atom. The first-order valence-corrected chi connectivity index (χ1v) is 9.47. The number of aliphatic hydroxyl groups is 1. The standard InChI is InChI=1S/C19H30N4O2/c1-19(25)9-3-2-7-16(19)17-8-4-12-23(17)15-18(24)22(13-5-10-20)14-6-11-21/h16-17,25H,2-9,12-15H2,1H3/t16-,17+,19+/m1/s1. The molecule has 1 N–H and O–H groups in total. The van der Waals surface area contributed by atoms with E-state index in [1.165, 1.54) is 0 Å². The summed E-state index contributed by atoms with van der Waals surface area (Å²) in [5.41, 5.74) is -0.643. The van der Waals surface area contributed by atoms with Gasteiger partial charge in [-0.2, -0.15) is 10.5 Å². The van der Waals surface area contributed by atoms with Crippen molar-refractivity contribution in [1.29, 1.82) is 10.5 Å². The van der Waals surface area contributed by atoms with Crippen LogP contribution in [0.25, 0.3) is 0 Å². The summed E-state index contributed by atoms with van der Waals surface area (Å²) in [6.07, 6.45) is 6.75. The predicted molar refractivity (Wildman–Crippen MR) is 94.2 cm³/mol. The highest BCUT2D eigenvalue weighted by Crippen LogP contribution is 2.40. The summed E-state index contributed by atoms with van der Waals surface area (Å²) in [6, 6.07) is 4.40. The fraction of sp³-hybridized carbons (Fsp3) is 0.842. The molecule has 25 heavy (non-hydrogen) atoms. The van der Waals surface area contributed by atoms with Gasteiger partial charge in [-0.15, -0.1) is 0 Å². The Bertz CT molecular complexity index is 517. The molecule has 0 aromatic rings. The first-order chi connectivity index (χ1) is 12.0. The van der Waals surface area contributed by atoms with Crippen LogP contribution in [0.1, 0.15) is 58.3 Å². The van der Waals surface area contributed by atoms with Gasteiger partial charge in [-0.3, -0.25) is 9.69 Å². The molecule has 1 aliphatic heterocycles. The second-order valence-electron chi connectivity index (χ2n) is 7.59. The normalized spacial score (nSPS) is 29.8. The minimum Gasteiger partial charge on any atom is -0.390 e. The lowest BCUT2D eigenvalue weighted by Crippen LogP contribution is -2.51. The molecule has 2 rings (SSSR count). The van der Waals surface area contributed by atoms with Crippen LogP contribution in [-0.2, 0) is 4.79 Å². The first kappa shape index (κ1) is 19.7.